The molecule has 28 heavy (non-hydrogen) atoms. The van der Waals surface area contributed by atoms with Gasteiger partial charge in [0.1, 0.15) is 5.51 Å². The summed E-state index contributed by atoms with van der Waals surface area (Å²) in [5.41, 5.74) is 0.172. The van der Waals surface area contributed by atoms with E-state index in [1.54, 1.807) is 0 Å². The Labute approximate surface area is 161 Å². The van der Waals surface area contributed by atoms with E-state index >= 15 is 0 Å². The third kappa shape index (κ3) is 4.46. The zero-order valence-corrected chi connectivity index (χ0v) is 15.4. The summed E-state index contributed by atoms with van der Waals surface area (Å²) in [5.74, 6) is -0.654. The van der Waals surface area contributed by atoms with Crippen molar-refractivity contribution in [2.24, 2.45) is 0 Å². The van der Waals surface area contributed by atoms with Gasteiger partial charge in [0, 0.05) is 0 Å². The highest BCUT2D eigenvalue weighted by atomic mass is 32.2. The summed E-state index contributed by atoms with van der Waals surface area (Å²) in [5, 5.41) is 9.89. The maximum absolute atomic E-state index is 12.9. The number of halogens is 3. The lowest BCUT2D eigenvalue weighted by atomic mass is 10.2. The fourth-order valence-corrected chi connectivity index (χ4v) is 3.77. The second-order valence-corrected chi connectivity index (χ2v) is 7.89. The molecule has 0 spiro atoms. The molecule has 0 saturated carbocycles. The van der Waals surface area contributed by atoms with Crippen LogP contribution in [0.3, 0.4) is 0 Å². The molecule has 2 aromatic carbocycles. The molecule has 7 nitrogen and oxygen atoms in total. The number of carbonyl (C=O) groups is 1. The Morgan fingerprint density at radius 1 is 1.07 bits per heavy atom. The average molecular weight is 428 g/mol. The van der Waals surface area contributed by atoms with Crippen molar-refractivity contribution in [1.82, 2.24) is 10.2 Å². The van der Waals surface area contributed by atoms with Gasteiger partial charge in [-0.05, 0) is 30.3 Å². The molecule has 0 radical (unpaired) electrons. The number of nitrogens with zero attached hydrogens (tertiary/aromatic N) is 2. The first kappa shape index (κ1) is 19.8. The standard InChI is InChI=1S/C16H11F3N4O3S2/c17-16(18,19)10-4-3-5-11(8-10)28(25,26)23-13-7-2-1-6-12(13)14(24)21-15-22-20-9-27-15/h1-9,23H,(H,21,22,24). The smallest absolute Gasteiger partial charge is 0.296 e. The van der Waals surface area contributed by atoms with Crippen LogP contribution in [0.5, 0.6) is 0 Å². The Morgan fingerprint density at radius 2 is 1.82 bits per heavy atom. The van der Waals surface area contributed by atoms with Crippen LogP contribution in [-0.2, 0) is 16.2 Å². The Kier molecular flexibility index (Phi) is 5.34. The predicted molar refractivity (Wildman–Crippen MR) is 96.6 cm³/mol. The van der Waals surface area contributed by atoms with Crippen molar-refractivity contribution in [3.63, 3.8) is 0 Å². The number of amides is 1. The van der Waals surface area contributed by atoms with E-state index in [1.165, 1.54) is 29.8 Å². The van der Waals surface area contributed by atoms with Gasteiger partial charge < -0.3 is 0 Å². The van der Waals surface area contributed by atoms with Crippen LogP contribution in [0, 0.1) is 0 Å². The zero-order valence-electron chi connectivity index (χ0n) is 13.8. The van der Waals surface area contributed by atoms with Gasteiger partial charge in [-0.1, -0.05) is 29.5 Å². The van der Waals surface area contributed by atoms with E-state index in [9.17, 15) is 26.4 Å². The van der Waals surface area contributed by atoms with E-state index < -0.39 is 32.6 Å². The highest BCUT2D eigenvalue weighted by Crippen LogP contribution is 2.31. The van der Waals surface area contributed by atoms with E-state index in [1.807, 2.05) is 0 Å². The average Bonchev–Trinajstić information content (AvgIpc) is 3.14. The molecule has 0 aliphatic carbocycles. The van der Waals surface area contributed by atoms with E-state index in [0.29, 0.717) is 6.07 Å². The number of benzene rings is 2. The first-order valence-electron chi connectivity index (χ1n) is 7.53. The molecule has 1 heterocycles. The van der Waals surface area contributed by atoms with E-state index in [4.69, 9.17) is 0 Å². The van der Waals surface area contributed by atoms with Crippen molar-refractivity contribution >= 4 is 38.1 Å². The first-order chi connectivity index (χ1) is 13.2. The minimum atomic E-state index is -4.69. The van der Waals surface area contributed by atoms with Crippen molar-refractivity contribution in [2.75, 3.05) is 10.0 Å². The number of hydrogen-bond donors (Lipinski definition) is 2. The maximum Gasteiger partial charge on any atom is 0.416 e. The van der Waals surface area contributed by atoms with Crippen molar-refractivity contribution < 1.29 is 26.4 Å². The lowest BCUT2D eigenvalue weighted by molar-refractivity contribution is -0.137. The van der Waals surface area contributed by atoms with Crippen LogP contribution in [-0.4, -0.2) is 24.5 Å². The number of anilines is 2. The summed E-state index contributed by atoms with van der Waals surface area (Å²) in [6.07, 6.45) is -4.69. The first-order valence-corrected chi connectivity index (χ1v) is 9.90. The van der Waals surface area contributed by atoms with Gasteiger partial charge in [-0.25, -0.2) is 8.42 Å². The molecule has 0 aliphatic heterocycles. The van der Waals surface area contributed by atoms with Crippen LogP contribution in [0.25, 0.3) is 0 Å². The largest absolute Gasteiger partial charge is 0.416 e. The Hall–Kier alpha value is -2.99. The minimum absolute atomic E-state index is 0.0340. The fourth-order valence-electron chi connectivity index (χ4n) is 2.21. The number of hydrogen-bond acceptors (Lipinski definition) is 6. The minimum Gasteiger partial charge on any atom is -0.296 e. The zero-order chi connectivity index (χ0) is 20.4. The molecule has 1 amide bonds. The number of rotatable bonds is 5. The SMILES string of the molecule is O=C(Nc1nncs1)c1ccccc1NS(=O)(=O)c1cccc(C(F)(F)F)c1. The summed E-state index contributed by atoms with van der Waals surface area (Å²) in [6.45, 7) is 0. The molecule has 0 saturated heterocycles. The number of nitrogens with one attached hydrogen (secondary N) is 2. The molecule has 0 unspecified atom stereocenters. The summed E-state index contributed by atoms with van der Waals surface area (Å²) < 4.78 is 65.8. The topological polar surface area (TPSA) is 101 Å². The second kappa shape index (κ2) is 7.56. The van der Waals surface area contributed by atoms with Gasteiger partial charge in [-0.2, -0.15) is 13.2 Å². The molecule has 3 rings (SSSR count). The molecular weight excluding hydrogens is 417 g/mol. The van der Waals surface area contributed by atoms with Crippen LogP contribution < -0.4 is 10.0 Å². The highest BCUT2D eigenvalue weighted by Gasteiger charge is 2.31. The molecular formula is C16H11F3N4O3S2. The van der Waals surface area contributed by atoms with Gasteiger partial charge >= 0.3 is 6.18 Å². The van der Waals surface area contributed by atoms with Gasteiger partial charge in [0.05, 0.1) is 21.7 Å². The molecule has 2 N–H and O–H groups in total. The monoisotopic (exact) mass is 428 g/mol. The van der Waals surface area contributed by atoms with Crippen LogP contribution in [0.4, 0.5) is 24.0 Å². The summed E-state index contributed by atoms with van der Waals surface area (Å²) in [4.78, 5) is 11.8. The third-order valence-corrected chi connectivity index (χ3v) is 5.44. The van der Waals surface area contributed by atoms with Gasteiger partial charge in [0.2, 0.25) is 5.13 Å². The van der Waals surface area contributed by atoms with Crippen molar-refractivity contribution in [2.45, 2.75) is 11.1 Å². The number of aromatic nitrogens is 2. The van der Waals surface area contributed by atoms with Gasteiger partial charge in [-0.3, -0.25) is 14.8 Å². The van der Waals surface area contributed by atoms with Crippen molar-refractivity contribution in [1.29, 1.82) is 0 Å². The maximum atomic E-state index is 12.9. The summed E-state index contributed by atoms with van der Waals surface area (Å²) >= 11 is 1.07. The van der Waals surface area contributed by atoms with Crippen LogP contribution in [0.1, 0.15) is 15.9 Å². The quantitative estimate of drug-likeness (QED) is 0.647. The van der Waals surface area contributed by atoms with E-state index in [0.717, 1.165) is 29.5 Å². The third-order valence-electron chi connectivity index (χ3n) is 3.47. The Balaban J connectivity index is 1.90. The number of alkyl halides is 3. The van der Waals surface area contributed by atoms with Crippen molar-refractivity contribution in [3.05, 3.63) is 65.2 Å². The molecule has 0 aliphatic rings. The number of para-hydroxylation sites is 1. The summed E-state index contributed by atoms with van der Waals surface area (Å²) in [7, 11) is -4.37. The second-order valence-electron chi connectivity index (χ2n) is 5.37. The van der Waals surface area contributed by atoms with E-state index in [-0.39, 0.29) is 16.4 Å². The van der Waals surface area contributed by atoms with E-state index in [2.05, 4.69) is 20.2 Å². The Bertz CT molecular complexity index is 1100. The molecule has 0 bridgehead atoms. The van der Waals surface area contributed by atoms with Crippen LogP contribution >= 0.6 is 11.3 Å². The molecule has 3 aromatic rings. The van der Waals surface area contributed by atoms with Gasteiger partial charge in [-0.15, -0.1) is 10.2 Å². The normalized spacial score (nSPS) is 11.8. The number of sulfonamides is 1. The van der Waals surface area contributed by atoms with Gasteiger partial charge in [0.25, 0.3) is 15.9 Å². The summed E-state index contributed by atoms with van der Waals surface area (Å²) in [6, 6.07) is 8.98. The lowest BCUT2D eigenvalue weighted by Gasteiger charge is -2.13. The molecule has 146 valence electrons. The van der Waals surface area contributed by atoms with Crippen molar-refractivity contribution in [3.8, 4) is 0 Å². The molecule has 0 fully saturated rings. The molecule has 1 aromatic heterocycles. The number of carbonyl (C=O) groups excluding carboxylic acids is 1. The Morgan fingerprint density at radius 3 is 2.50 bits per heavy atom. The fraction of sp³-hybridized carbons (Fsp3) is 0.0625. The van der Waals surface area contributed by atoms with Crippen LogP contribution in [0.15, 0.2) is 58.9 Å². The van der Waals surface area contributed by atoms with Crippen LogP contribution in [0.2, 0.25) is 0 Å². The predicted octanol–water partition coefficient (Wildman–Crippen LogP) is 3.61. The lowest BCUT2D eigenvalue weighted by Crippen LogP contribution is -2.19. The molecule has 12 heteroatoms. The van der Waals surface area contributed by atoms with Gasteiger partial charge in [0.15, 0.2) is 0 Å². The molecule has 0 atom stereocenters. The highest BCUT2D eigenvalue weighted by molar-refractivity contribution is 7.92.